The van der Waals surface area contributed by atoms with E-state index in [1.807, 2.05) is 25.7 Å². The van der Waals surface area contributed by atoms with Crippen LogP contribution in [0.5, 0.6) is 0 Å². The molecule has 0 amide bonds. The average Bonchev–Trinajstić information content (AvgIpc) is 2.15. The number of rotatable bonds is 4. The van der Waals surface area contributed by atoms with Crippen molar-refractivity contribution in [1.82, 2.24) is 4.90 Å². The molecule has 0 aromatic heterocycles. The maximum absolute atomic E-state index is 11.1. The summed E-state index contributed by atoms with van der Waals surface area (Å²) >= 11 is 0. The summed E-state index contributed by atoms with van der Waals surface area (Å²) in [4.78, 5) is 13.0. The lowest BCUT2D eigenvalue weighted by molar-refractivity contribution is -0.162. The van der Waals surface area contributed by atoms with Gasteiger partial charge in [-0.15, -0.1) is 0 Å². The number of morpholine rings is 1. The third-order valence-electron chi connectivity index (χ3n) is 2.94. The number of aliphatic carboxylic acids is 1. The van der Waals surface area contributed by atoms with Gasteiger partial charge in [-0.25, -0.2) is 0 Å². The Hall–Kier alpha value is -0.650. The molecule has 1 aliphatic heterocycles. The van der Waals surface area contributed by atoms with Crippen LogP contribution in [0.2, 0.25) is 0 Å². The summed E-state index contributed by atoms with van der Waals surface area (Å²) in [5, 5.41) is 9.10. The summed E-state index contributed by atoms with van der Waals surface area (Å²) in [6, 6.07) is -0.540. The summed E-state index contributed by atoms with van der Waals surface area (Å²) in [5.41, 5.74) is 5.59. The molecule has 1 rings (SSSR count). The van der Waals surface area contributed by atoms with Crippen LogP contribution < -0.4 is 5.73 Å². The third-order valence-corrected chi connectivity index (χ3v) is 2.94. The number of ether oxygens (including phenoxy) is 1. The quantitative estimate of drug-likeness (QED) is 0.726. The van der Waals surface area contributed by atoms with Crippen LogP contribution in [0.3, 0.4) is 0 Å². The lowest BCUT2D eigenvalue weighted by atomic mass is 10.0. The molecule has 94 valence electrons. The highest BCUT2D eigenvalue weighted by Crippen LogP contribution is 2.21. The SMILES string of the molecule is CCC(N)CN1CC(C)(C)OCC1C(=O)O. The van der Waals surface area contributed by atoms with Crippen LogP contribution in [-0.4, -0.2) is 53.4 Å². The van der Waals surface area contributed by atoms with Gasteiger partial charge >= 0.3 is 5.97 Å². The van der Waals surface area contributed by atoms with E-state index in [0.717, 1.165) is 6.42 Å². The van der Waals surface area contributed by atoms with Crippen molar-refractivity contribution >= 4 is 5.97 Å². The number of nitrogens with zero attached hydrogens (tertiary/aromatic N) is 1. The predicted molar refractivity (Wildman–Crippen MR) is 61.3 cm³/mol. The molecule has 16 heavy (non-hydrogen) atoms. The van der Waals surface area contributed by atoms with Crippen LogP contribution in [0.1, 0.15) is 27.2 Å². The fraction of sp³-hybridized carbons (Fsp3) is 0.909. The molecule has 0 spiro atoms. The number of carbonyl (C=O) groups is 1. The molecular weight excluding hydrogens is 208 g/mol. The van der Waals surface area contributed by atoms with Crippen molar-refractivity contribution in [3.8, 4) is 0 Å². The Kier molecular flexibility index (Phi) is 4.29. The molecule has 0 aliphatic carbocycles. The Morgan fingerprint density at radius 1 is 1.69 bits per heavy atom. The lowest BCUT2D eigenvalue weighted by Gasteiger charge is -2.42. The van der Waals surface area contributed by atoms with E-state index in [2.05, 4.69) is 0 Å². The molecule has 5 heteroatoms. The zero-order valence-electron chi connectivity index (χ0n) is 10.3. The molecule has 0 aromatic rings. The Morgan fingerprint density at radius 2 is 2.31 bits per heavy atom. The second-order valence-electron chi connectivity index (χ2n) is 5.02. The van der Waals surface area contributed by atoms with E-state index in [1.54, 1.807) is 0 Å². The molecular formula is C11H22N2O3. The molecule has 1 heterocycles. The van der Waals surface area contributed by atoms with Gasteiger partial charge in [0, 0.05) is 19.1 Å². The summed E-state index contributed by atoms with van der Waals surface area (Å²) < 4.78 is 5.52. The molecule has 3 N–H and O–H groups in total. The fourth-order valence-electron chi connectivity index (χ4n) is 1.90. The van der Waals surface area contributed by atoms with Gasteiger partial charge in [-0.3, -0.25) is 9.69 Å². The summed E-state index contributed by atoms with van der Waals surface area (Å²) in [6.45, 7) is 7.40. The van der Waals surface area contributed by atoms with Gasteiger partial charge in [0.15, 0.2) is 0 Å². The van der Waals surface area contributed by atoms with Gasteiger partial charge in [-0.1, -0.05) is 6.92 Å². The van der Waals surface area contributed by atoms with Crippen LogP contribution in [-0.2, 0) is 9.53 Å². The van der Waals surface area contributed by atoms with E-state index >= 15 is 0 Å². The summed E-state index contributed by atoms with van der Waals surface area (Å²) in [7, 11) is 0. The van der Waals surface area contributed by atoms with E-state index in [9.17, 15) is 4.79 Å². The Balaban J connectivity index is 2.68. The fourth-order valence-corrected chi connectivity index (χ4v) is 1.90. The maximum atomic E-state index is 11.1. The van der Waals surface area contributed by atoms with Gasteiger partial charge in [0.1, 0.15) is 6.04 Å². The van der Waals surface area contributed by atoms with Crippen LogP contribution in [0.4, 0.5) is 0 Å². The predicted octanol–water partition coefficient (Wildman–Crippen LogP) is 0.288. The molecule has 1 aliphatic rings. The number of nitrogens with two attached hydrogens (primary N) is 1. The third kappa shape index (κ3) is 3.43. The van der Waals surface area contributed by atoms with Gasteiger partial charge in [-0.2, -0.15) is 0 Å². The first-order valence-corrected chi connectivity index (χ1v) is 5.72. The van der Waals surface area contributed by atoms with Crippen LogP contribution in [0.25, 0.3) is 0 Å². The van der Waals surface area contributed by atoms with E-state index in [-0.39, 0.29) is 18.2 Å². The molecule has 0 bridgehead atoms. The first kappa shape index (κ1) is 13.4. The maximum Gasteiger partial charge on any atom is 0.323 e. The molecule has 1 fully saturated rings. The number of hydrogen-bond acceptors (Lipinski definition) is 4. The number of hydrogen-bond donors (Lipinski definition) is 2. The van der Waals surface area contributed by atoms with Crippen molar-refractivity contribution in [3.63, 3.8) is 0 Å². The minimum atomic E-state index is -0.834. The van der Waals surface area contributed by atoms with Gasteiger partial charge in [0.25, 0.3) is 0 Å². The standard InChI is InChI=1S/C11H22N2O3/c1-4-8(12)5-13-7-11(2,3)16-6-9(13)10(14)15/h8-9H,4-7,12H2,1-3H3,(H,14,15). The van der Waals surface area contributed by atoms with Crippen molar-refractivity contribution in [1.29, 1.82) is 0 Å². The number of carboxylic acids is 1. The van der Waals surface area contributed by atoms with Crippen LogP contribution in [0.15, 0.2) is 0 Å². The molecule has 2 atom stereocenters. The highest BCUT2D eigenvalue weighted by Gasteiger charge is 2.37. The van der Waals surface area contributed by atoms with Crippen LogP contribution >= 0.6 is 0 Å². The van der Waals surface area contributed by atoms with Crippen molar-refractivity contribution in [2.45, 2.75) is 44.9 Å². The zero-order valence-corrected chi connectivity index (χ0v) is 10.3. The zero-order chi connectivity index (χ0) is 12.3. The molecule has 1 saturated heterocycles. The van der Waals surface area contributed by atoms with E-state index < -0.39 is 12.0 Å². The second-order valence-corrected chi connectivity index (χ2v) is 5.02. The van der Waals surface area contributed by atoms with Crippen molar-refractivity contribution in [2.24, 2.45) is 5.73 Å². The van der Waals surface area contributed by atoms with Gasteiger partial charge in [0.2, 0.25) is 0 Å². The van der Waals surface area contributed by atoms with Gasteiger partial charge < -0.3 is 15.6 Å². The highest BCUT2D eigenvalue weighted by atomic mass is 16.5. The van der Waals surface area contributed by atoms with E-state index in [1.165, 1.54) is 0 Å². The largest absolute Gasteiger partial charge is 0.480 e. The first-order chi connectivity index (χ1) is 7.35. The molecule has 2 unspecified atom stereocenters. The van der Waals surface area contributed by atoms with E-state index in [4.69, 9.17) is 15.6 Å². The summed E-state index contributed by atoms with van der Waals surface area (Å²) in [6.07, 6.45) is 0.851. The van der Waals surface area contributed by atoms with E-state index in [0.29, 0.717) is 13.1 Å². The normalized spacial score (nSPS) is 27.6. The topological polar surface area (TPSA) is 75.8 Å². The minimum Gasteiger partial charge on any atom is -0.480 e. The Bertz CT molecular complexity index is 256. The van der Waals surface area contributed by atoms with Gasteiger partial charge in [-0.05, 0) is 20.3 Å². The Labute approximate surface area is 96.6 Å². The van der Waals surface area contributed by atoms with Crippen molar-refractivity contribution in [3.05, 3.63) is 0 Å². The van der Waals surface area contributed by atoms with Crippen LogP contribution in [0, 0.1) is 0 Å². The smallest absolute Gasteiger partial charge is 0.323 e. The Morgan fingerprint density at radius 3 is 2.81 bits per heavy atom. The highest BCUT2D eigenvalue weighted by molar-refractivity contribution is 5.73. The summed E-state index contributed by atoms with van der Waals surface area (Å²) in [5.74, 6) is -0.834. The molecule has 0 saturated carbocycles. The first-order valence-electron chi connectivity index (χ1n) is 5.72. The lowest BCUT2D eigenvalue weighted by Crippen LogP contribution is -2.59. The number of carboxylic acid groups (broad SMARTS) is 1. The molecule has 0 aromatic carbocycles. The monoisotopic (exact) mass is 230 g/mol. The van der Waals surface area contributed by atoms with Gasteiger partial charge in [0.05, 0.1) is 12.2 Å². The minimum absolute atomic E-state index is 0.0238. The van der Waals surface area contributed by atoms with Crippen molar-refractivity contribution in [2.75, 3.05) is 19.7 Å². The molecule has 5 nitrogen and oxygen atoms in total. The average molecular weight is 230 g/mol. The van der Waals surface area contributed by atoms with Crippen molar-refractivity contribution < 1.29 is 14.6 Å². The second kappa shape index (κ2) is 5.12. The molecule has 0 radical (unpaired) electrons.